The molecule has 3 aromatic rings. The van der Waals surface area contributed by atoms with Crippen LogP contribution in [0.5, 0.6) is 0 Å². The maximum Gasteiger partial charge on any atom is 0.295 e. The molecule has 0 atom stereocenters. The topological polar surface area (TPSA) is 83.6 Å². The molecule has 0 fully saturated rings. The van der Waals surface area contributed by atoms with Gasteiger partial charge in [-0.3, -0.25) is 14.9 Å². The summed E-state index contributed by atoms with van der Waals surface area (Å²) in [5.74, 6) is 0.706. The lowest BCUT2D eigenvalue weighted by Crippen LogP contribution is -2.14. The molecule has 0 saturated carbocycles. The molecule has 2 aromatic heterocycles. The molecule has 0 aliphatic rings. The van der Waals surface area contributed by atoms with E-state index in [0.717, 1.165) is 16.5 Å². The number of fused-ring (bicyclic) bond motifs is 1. The number of benzene rings is 1. The van der Waals surface area contributed by atoms with Crippen molar-refractivity contribution in [1.82, 2.24) is 20.2 Å². The molecule has 6 nitrogen and oxygen atoms in total. The summed E-state index contributed by atoms with van der Waals surface area (Å²) in [6.07, 6.45) is 3.45. The summed E-state index contributed by atoms with van der Waals surface area (Å²) in [4.78, 5) is 20.5. The van der Waals surface area contributed by atoms with Crippen LogP contribution in [0.25, 0.3) is 10.8 Å². The summed E-state index contributed by atoms with van der Waals surface area (Å²) in [5.41, 5.74) is 0.718. The molecule has 1 amide bonds. The van der Waals surface area contributed by atoms with Gasteiger partial charge in [0.25, 0.3) is 5.91 Å². The zero-order valence-corrected chi connectivity index (χ0v) is 11.8. The molecule has 21 heavy (non-hydrogen) atoms. The molecule has 2 N–H and O–H groups in total. The molecule has 106 valence electrons. The monoisotopic (exact) mass is 281 g/mol. The standard InChI is InChI=1S/C15H15N5O/c1-9(2)13-18-14(20-19-13)15(21)17-12-5-3-4-10-8-16-7-6-11(10)12/h3-9H,1-2H3,(H,17,21)(H,18,19,20). The molecule has 0 saturated heterocycles. The molecular formula is C15H15N5O. The van der Waals surface area contributed by atoms with Crippen LogP contribution in [-0.2, 0) is 0 Å². The molecule has 0 aliphatic heterocycles. The zero-order chi connectivity index (χ0) is 14.8. The molecule has 0 spiro atoms. The van der Waals surface area contributed by atoms with E-state index < -0.39 is 0 Å². The number of carbonyl (C=O) groups is 1. The van der Waals surface area contributed by atoms with Gasteiger partial charge in [0.15, 0.2) is 0 Å². The average molecular weight is 281 g/mol. The minimum Gasteiger partial charge on any atom is -0.319 e. The number of carbonyl (C=O) groups excluding carboxylic acids is 1. The van der Waals surface area contributed by atoms with Crippen molar-refractivity contribution >= 4 is 22.4 Å². The predicted octanol–water partition coefficient (Wildman–Crippen LogP) is 2.73. The van der Waals surface area contributed by atoms with Crippen molar-refractivity contribution in [3.05, 3.63) is 48.3 Å². The fraction of sp³-hybridized carbons (Fsp3) is 0.200. The van der Waals surface area contributed by atoms with Crippen molar-refractivity contribution in [2.75, 3.05) is 5.32 Å². The summed E-state index contributed by atoms with van der Waals surface area (Å²) in [6, 6.07) is 7.53. The quantitative estimate of drug-likeness (QED) is 0.773. The van der Waals surface area contributed by atoms with Gasteiger partial charge in [0.1, 0.15) is 5.82 Å². The van der Waals surface area contributed by atoms with Crippen LogP contribution in [0.3, 0.4) is 0 Å². The molecule has 3 rings (SSSR count). The van der Waals surface area contributed by atoms with E-state index in [-0.39, 0.29) is 17.6 Å². The number of nitrogens with one attached hydrogen (secondary N) is 2. The molecule has 1 aromatic carbocycles. The van der Waals surface area contributed by atoms with Crippen molar-refractivity contribution < 1.29 is 4.79 Å². The first-order valence-corrected chi connectivity index (χ1v) is 6.71. The van der Waals surface area contributed by atoms with Gasteiger partial charge in [-0.05, 0) is 12.1 Å². The smallest absolute Gasteiger partial charge is 0.295 e. The number of aromatic nitrogens is 4. The highest BCUT2D eigenvalue weighted by molar-refractivity contribution is 6.07. The Balaban J connectivity index is 1.89. The van der Waals surface area contributed by atoms with Gasteiger partial charge >= 0.3 is 0 Å². The summed E-state index contributed by atoms with van der Waals surface area (Å²) in [6.45, 7) is 3.97. The Bertz CT molecular complexity index is 788. The highest BCUT2D eigenvalue weighted by Gasteiger charge is 2.15. The van der Waals surface area contributed by atoms with Gasteiger partial charge in [-0.15, -0.1) is 5.10 Å². The molecule has 6 heteroatoms. The minimum atomic E-state index is -0.331. The fourth-order valence-corrected chi connectivity index (χ4v) is 2.04. The third kappa shape index (κ3) is 2.60. The maximum atomic E-state index is 12.2. The number of hydrogen-bond acceptors (Lipinski definition) is 4. The third-order valence-electron chi connectivity index (χ3n) is 3.18. The normalized spacial score (nSPS) is 11.0. The van der Waals surface area contributed by atoms with Gasteiger partial charge < -0.3 is 5.32 Å². The molecule has 0 radical (unpaired) electrons. The average Bonchev–Trinajstić information content (AvgIpc) is 2.98. The van der Waals surface area contributed by atoms with E-state index in [4.69, 9.17) is 0 Å². The van der Waals surface area contributed by atoms with Crippen LogP contribution in [0.1, 0.15) is 36.2 Å². The lowest BCUT2D eigenvalue weighted by Gasteiger charge is -2.06. The number of rotatable bonds is 3. The Kier molecular flexibility index (Phi) is 3.35. The first-order valence-electron chi connectivity index (χ1n) is 6.71. The van der Waals surface area contributed by atoms with E-state index in [9.17, 15) is 4.79 Å². The largest absolute Gasteiger partial charge is 0.319 e. The Hall–Kier alpha value is -2.76. The number of aromatic amines is 1. The second-order valence-electron chi connectivity index (χ2n) is 5.06. The van der Waals surface area contributed by atoms with Gasteiger partial charge in [-0.1, -0.05) is 26.0 Å². The Morgan fingerprint density at radius 2 is 2.14 bits per heavy atom. The second kappa shape index (κ2) is 5.32. The van der Waals surface area contributed by atoms with E-state index in [0.29, 0.717) is 5.82 Å². The summed E-state index contributed by atoms with van der Waals surface area (Å²) in [7, 11) is 0. The molecule has 0 aliphatic carbocycles. The maximum absolute atomic E-state index is 12.2. The summed E-state index contributed by atoms with van der Waals surface area (Å²) in [5, 5.41) is 11.5. The van der Waals surface area contributed by atoms with E-state index >= 15 is 0 Å². The first kappa shape index (κ1) is 13.2. The van der Waals surface area contributed by atoms with Crippen LogP contribution >= 0.6 is 0 Å². The van der Waals surface area contributed by atoms with Crippen molar-refractivity contribution in [3.63, 3.8) is 0 Å². The van der Waals surface area contributed by atoms with Crippen LogP contribution in [0, 0.1) is 0 Å². The molecule has 0 unspecified atom stereocenters. The first-order chi connectivity index (χ1) is 10.1. The SMILES string of the molecule is CC(C)c1nc(C(=O)Nc2cccc3cnccc23)n[nH]1. The van der Waals surface area contributed by atoms with Crippen molar-refractivity contribution in [1.29, 1.82) is 0 Å². The van der Waals surface area contributed by atoms with Crippen LogP contribution in [0.2, 0.25) is 0 Å². The third-order valence-corrected chi connectivity index (χ3v) is 3.18. The summed E-state index contributed by atoms with van der Waals surface area (Å²) < 4.78 is 0. The number of pyridine rings is 1. The fourth-order valence-electron chi connectivity index (χ4n) is 2.04. The zero-order valence-electron chi connectivity index (χ0n) is 11.8. The van der Waals surface area contributed by atoms with Gasteiger partial charge in [0.2, 0.25) is 5.82 Å². The highest BCUT2D eigenvalue weighted by Crippen LogP contribution is 2.22. The van der Waals surface area contributed by atoms with E-state index in [1.54, 1.807) is 12.4 Å². The minimum absolute atomic E-state index is 0.143. The van der Waals surface area contributed by atoms with E-state index in [1.807, 2.05) is 38.1 Å². The number of nitrogens with zero attached hydrogens (tertiary/aromatic N) is 3. The van der Waals surface area contributed by atoms with Crippen molar-refractivity contribution in [3.8, 4) is 0 Å². The molecular weight excluding hydrogens is 266 g/mol. The Morgan fingerprint density at radius 1 is 1.29 bits per heavy atom. The van der Waals surface area contributed by atoms with Crippen LogP contribution in [-0.4, -0.2) is 26.1 Å². The second-order valence-corrected chi connectivity index (χ2v) is 5.06. The number of anilines is 1. The Labute approximate surface area is 121 Å². The number of hydrogen-bond donors (Lipinski definition) is 2. The van der Waals surface area contributed by atoms with Crippen LogP contribution < -0.4 is 5.32 Å². The molecule has 0 bridgehead atoms. The highest BCUT2D eigenvalue weighted by atomic mass is 16.2. The summed E-state index contributed by atoms with van der Waals surface area (Å²) >= 11 is 0. The lowest BCUT2D eigenvalue weighted by atomic mass is 10.1. The van der Waals surface area contributed by atoms with E-state index in [2.05, 4.69) is 25.5 Å². The van der Waals surface area contributed by atoms with Crippen LogP contribution in [0.15, 0.2) is 36.7 Å². The predicted molar refractivity (Wildman–Crippen MR) is 80.2 cm³/mol. The van der Waals surface area contributed by atoms with Crippen LogP contribution in [0.4, 0.5) is 5.69 Å². The van der Waals surface area contributed by atoms with Gasteiger partial charge in [0, 0.05) is 34.8 Å². The number of amides is 1. The van der Waals surface area contributed by atoms with E-state index in [1.165, 1.54) is 0 Å². The van der Waals surface area contributed by atoms with Gasteiger partial charge in [-0.2, -0.15) is 0 Å². The van der Waals surface area contributed by atoms with Gasteiger partial charge in [-0.25, -0.2) is 4.98 Å². The van der Waals surface area contributed by atoms with Crippen molar-refractivity contribution in [2.45, 2.75) is 19.8 Å². The molecule has 2 heterocycles. The Morgan fingerprint density at radius 3 is 2.90 bits per heavy atom. The number of H-pyrrole nitrogens is 1. The van der Waals surface area contributed by atoms with Gasteiger partial charge in [0.05, 0.1) is 0 Å². The lowest BCUT2D eigenvalue weighted by molar-refractivity contribution is 0.101. The van der Waals surface area contributed by atoms with Crippen molar-refractivity contribution in [2.24, 2.45) is 0 Å².